The zero-order chi connectivity index (χ0) is 13.2. The second-order valence-corrected chi connectivity index (χ2v) is 3.78. The molecule has 5 nitrogen and oxygen atoms in total. The van der Waals surface area contributed by atoms with Crippen LogP contribution in [0.4, 0.5) is 18.9 Å². The Labute approximate surface area is 106 Å². The van der Waals surface area contributed by atoms with Crippen LogP contribution in [0.15, 0.2) is 36.7 Å². The van der Waals surface area contributed by atoms with Crippen molar-refractivity contribution in [2.24, 2.45) is 0 Å². The molecule has 1 heterocycles. The number of nitrogens with zero attached hydrogens (tertiary/aromatic N) is 2. The van der Waals surface area contributed by atoms with Gasteiger partial charge in [0.1, 0.15) is 6.20 Å². The van der Waals surface area contributed by atoms with E-state index in [1.54, 1.807) is 0 Å². The van der Waals surface area contributed by atoms with Crippen LogP contribution in [0.3, 0.4) is 0 Å². The molecule has 0 fully saturated rings. The summed E-state index contributed by atoms with van der Waals surface area (Å²) in [5.41, 5.74) is 1.10. The van der Waals surface area contributed by atoms with Gasteiger partial charge in [-0.2, -0.15) is 18.3 Å². The van der Waals surface area contributed by atoms with Crippen molar-refractivity contribution in [2.45, 2.75) is 12.7 Å². The normalized spacial score (nSPS) is 11.2. The number of aromatic nitrogens is 2. The second-order valence-electron chi connectivity index (χ2n) is 3.78. The highest BCUT2D eigenvalue weighted by Gasteiger charge is 2.29. The lowest BCUT2D eigenvalue weighted by Crippen LogP contribution is -2.69. The van der Waals surface area contributed by atoms with Crippen LogP contribution in [0.5, 0.6) is 0 Å². The molecular formula is C11H12F3N3O2. The van der Waals surface area contributed by atoms with Gasteiger partial charge in [-0.3, -0.25) is 4.68 Å². The molecule has 0 unspecified atom stereocenters. The van der Waals surface area contributed by atoms with E-state index in [1.165, 1.54) is 29.2 Å². The Balaban J connectivity index is 0.00000180. The minimum atomic E-state index is -4.32. The van der Waals surface area contributed by atoms with E-state index >= 15 is 0 Å². The molecule has 1 aromatic carbocycles. The summed E-state index contributed by atoms with van der Waals surface area (Å²) in [6.07, 6.45) is -1.39. The zero-order valence-corrected chi connectivity index (χ0v) is 9.69. The maximum atomic E-state index is 12.3. The number of hydrogen-bond donors (Lipinski definition) is 1. The SMILES string of the molecule is O.[O-][NH2+]c1cnn(Cc2ccc(C(F)(F)F)cc2)c1. The summed E-state index contributed by atoms with van der Waals surface area (Å²) in [6.45, 7) is 0.325. The summed E-state index contributed by atoms with van der Waals surface area (Å²) >= 11 is 0. The fraction of sp³-hybridized carbons (Fsp3) is 0.182. The highest BCUT2D eigenvalue weighted by atomic mass is 19.4. The molecule has 0 aliphatic rings. The van der Waals surface area contributed by atoms with Crippen LogP contribution in [0, 0.1) is 5.21 Å². The van der Waals surface area contributed by atoms with Crippen molar-refractivity contribution in [3.8, 4) is 0 Å². The van der Waals surface area contributed by atoms with Crippen molar-refractivity contribution in [3.05, 3.63) is 53.0 Å². The van der Waals surface area contributed by atoms with Crippen molar-refractivity contribution in [3.63, 3.8) is 0 Å². The molecule has 0 spiro atoms. The maximum Gasteiger partial charge on any atom is 0.416 e. The Morgan fingerprint density at radius 3 is 2.32 bits per heavy atom. The van der Waals surface area contributed by atoms with Gasteiger partial charge in [-0.1, -0.05) is 12.1 Å². The van der Waals surface area contributed by atoms with Crippen LogP contribution in [-0.4, -0.2) is 15.3 Å². The molecule has 104 valence electrons. The molecule has 19 heavy (non-hydrogen) atoms. The lowest BCUT2D eigenvalue weighted by molar-refractivity contribution is -0.497. The summed E-state index contributed by atoms with van der Waals surface area (Å²) in [4.78, 5) is 0. The number of quaternary nitrogens is 1. The molecule has 4 N–H and O–H groups in total. The summed E-state index contributed by atoms with van der Waals surface area (Å²) in [5.74, 6) is 0. The van der Waals surface area contributed by atoms with Crippen LogP contribution in [0.2, 0.25) is 0 Å². The first kappa shape index (κ1) is 15.2. The fourth-order valence-electron chi connectivity index (χ4n) is 1.51. The average molecular weight is 275 g/mol. The third-order valence-corrected chi connectivity index (χ3v) is 2.42. The van der Waals surface area contributed by atoms with Crippen LogP contribution >= 0.6 is 0 Å². The Morgan fingerprint density at radius 2 is 1.84 bits per heavy atom. The maximum absolute atomic E-state index is 12.3. The van der Waals surface area contributed by atoms with Crippen molar-refractivity contribution >= 4 is 5.69 Å². The van der Waals surface area contributed by atoms with Gasteiger partial charge in [-0.15, -0.1) is 0 Å². The van der Waals surface area contributed by atoms with Crippen molar-refractivity contribution < 1.29 is 24.1 Å². The first-order chi connectivity index (χ1) is 8.49. The zero-order valence-electron chi connectivity index (χ0n) is 9.69. The Hall–Kier alpha value is -1.90. The van der Waals surface area contributed by atoms with Crippen LogP contribution in [0.25, 0.3) is 0 Å². The van der Waals surface area contributed by atoms with Gasteiger partial charge < -0.3 is 16.2 Å². The van der Waals surface area contributed by atoms with Gasteiger partial charge in [-0.25, -0.2) is 0 Å². The van der Waals surface area contributed by atoms with E-state index in [0.717, 1.165) is 12.1 Å². The second kappa shape index (κ2) is 5.83. The highest BCUT2D eigenvalue weighted by Crippen LogP contribution is 2.29. The van der Waals surface area contributed by atoms with Crippen molar-refractivity contribution in [2.75, 3.05) is 0 Å². The molecule has 0 aliphatic heterocycles. The standard InChI is InChI=1S/C11H10F3N3O.H2O/c12-11(13,14)9-3-1-8(2-4-9)6-17-7-10(16-18)5-15-17;/h1-5,7H,6,16H2;1H2. The van der Waals surface area contributed by atoms with Gasteiger partial charge in [-0.05, 0) is 17.7 Å². The Bertz CT molecular complexity index is 523. The monoisotopic (exact) mass is 275 g/mol. The molecule has 8 heteroatoms. The first-order valence-corrected chi connectivity index (χ1v) is 5.13. The van der Waals surface area contributed by atoms with E-state index in [-0.39, 0.29) is 5.48 Å². The van der Waals surface area contributed by atoms with Crippen LogP contribution in [-0.2, 0) is 12.7 Å². The van der Waals surface area contributed by atoms with E-state index < -0.39 is 11.7 Å². The number of nitrogens with two attached hydrogens (primary N) is 1. The van der Waals surface area contributed by atoms with Gasteiger partial charge >= 0.3 is 6.18 Å². The number of alkyl halides is 3. The van der Waals surface area contributed by atoms with Gasteiger partial charge in [0.05, 0.1) is 18.3 Å². The third-order valence-electron chi connectivity index (χ3n) is 2.42. The van der Waals surface area contributed by atoms with Crippen LogP contribution < -0.4 is 5.48 Å². The third kappa shape index (κ3) is 3.78. The van der Waals surface area contributed by atoms with Gasteiger partial charge in [0, 0.05) is 0 Å². The van der Waals surface area contributed by atoms with Gasteiger partial charge in [0.2, 0.25) is 0 Å². The van der Waals surface area contributed by atoms with Crippen molar-refractivity contribution in [1.29, 1.82) is 0 Å². The van der Waals surface area contributed by atoms with E-state index in [9.17, 15) is 18.4 Å². The van der Waals surface area contributed by atoms with E-state index in [1.807, 2.05) is 0 Å². The summed E-state index contributed by atoms with van der Waals surface area (Å²) in [5, 5.41) is 14.4. The summed E-state index contributed by atoms with van der Waals surface area (Å²) < 4.78 is 38.5. The van der Waals surface area contributed by atoms with E-state index in [4.69, 9.17) is 0 Å². The first-order valence-electron chi connectivity index (χ1n) is 5.13. The molecule has 0 saturated heterocycles. The number of benzene rings is 1. The molecule has 2 aromatic rings. The molecule has 0 bridgehead atoms. The molecule has 2 rings (SSSR count). The topological polar surface area (TPSA) is 89.0 Å². The minimum absolute atomic E-state index is 0. The molecule has 0 saturated carbocycles. The Morgan fingerprint density at radius 1 is 1.21 bits per heavy atom. The van der Waals surface area contributed by atoms with Crippen LogP contribution in [0.1, 0.15) is 11.1 Å². The highest BCUT2D eigenvalue weighted by molar-refractivity contribution is 5.25. The van der Waals surface area contributed by atoms with Crippen molar-refractivity contribution in [1.82, 2.24) is 9.78 Å². The van der Waals surface area contributed by atoms with E-state index in [2.05, 4.69) is 5.10 Å². The minimum Gasteiger partial charge on any atom is -0.630 e. The largest absolute Gasteiger partial charge is 0.630 e. The molecular weight excluding hydrogens is 263 g/mol. The van der Waals surface area contributed by atoms with E-state index in [0.29, 0.717) is 23.3 Å². The number of halogens is 3. The smallest absolute Gasteiger partial charge is 0.416 e. The summed E-state index contributed by atoms with van der Waals surface area (Å²) in [6, 6.07) is 4.84. The Kier molecular flexibility index (Phi) is 4.65. The summed E-state index contributed by atoms with van der Waals surface area (Å²) in [7, 11) is 0. The molecule has 1 aromatic heterocycles. The lowest BCUT2D eigenvalue weighted by Gasteiger charge is -2.07. The predicted octanol–water partition coefficient (Wildman–Crippen LogP) is 0.818. The molecule has 0 aliphatic carbocycles. The lowest BCUT2D eigenvalue weighted by atomic mass is 10.1. The number of hydrogen-bond acceptors (Lipinski definition) is 2. The average Bonchev–Trinajstić information content (AvgIpc) is 2.76. The molecule has 0 radical (unpaired) electrons. The van der Waals surface area contributed by atoms with Gasteiger partial charge in [0.15, 0.2) is 5.69 Å². The number of rotatable bonds is 3. The predicted molar refractivity (Wildman–Crippen MR) is 61.3 cm³/mol. The molecule has 0 amide bonds. The quantitative estimate of drug-likeness (QED) is 0.840. The van der Waals surface area contributed by atoms with Gasteiger partial charge in [0.25, 0.3) is 0 Å². The fourth-order valence-corrected chi connectivity index (χ4v) is 1.51. The molecule has 0 atom stereocenters.